The molecule has 0 bridgehead atoms. The lowest BCUT2D eigenvalue weighted by Gasteiger charge is -2.30. The van der Waals surface area contributed by atoms with Crippen molar-refractivity contribution in [2.75, 3.05) is 32.8 Å². The molecule has 0 saturated heterocycles. The summed E-state index contributed by atoms with van der Waals surface area (Å²) in [6.45, 7) is 0.690. The Balaban J connectivity index is 1.55. The number of amides is 1. The second-order valence-electron chi connectivity index (χ2n) is 6.97. The van der Waals surface area contributed by atoms with Gasteiger partial charge in [-0.25, -0.2) is 0 Å². The molecule has 29 heavy (non-hydrogen) atoms. The SMILES string of the molecule is COc1cc(C2=NO[C@@H](C(=O)N3CCCc4ccccc43)C2)cc(OC)c1OC. The number of aryl methyl sites for hydroxylation is 1. The number of para-hydroxylation sites is 1. The van der Waals surface area contributed by atoms with Crippen LogP contribution in [0, 0.1) is 0 Å². The van der Waals surface area contributed by atoms with Crippen molar-refractivity contribution in [1.82, 2.24) is 0 Å². The van der Waals surface area contributed by atoms with E-state index in [0.717, 1.165) is 24.1 Å². The standard InChI is InChI=1S/C22H24N2O5/c1-26-18-11-15(12-19(27-2)21(18)28-3)16-13-20(29-23-16)22(25)24-10-6-8-14-7-4-5-9-17(14)24/h4-5,7,9,11-12,20H,6,8,10,13H2,1-3H3/t20-/m1/s1. The van der Waals surface area contributed by atoms with E-state index >= 15 is 0 Å². The third-order valence-electron chi connectivity index (χ3n) is 5.32. The number of anilines is 1. The number of carbonyl (C=O) groups is 1. The molecule has 0 fully saturated rings. The van der Waals surface area contributed by atoms with Crippen molar-refractivity contribution in [3.8, 4) is 17.2 Å². The number of methoxy groups -OCH3 is 3. The van der Waals surface area contributed by atoms with Crippen molar-refractivity contribution in [3.63, 3.8) is 0 Å². The Bertz CT molecular complexity index is 931. The number of nitrogens with zero attached hydrogens (tertiary/aromatic N) is 2. The molecule has 2 aliphatic heterocycles. The van der Waals surface area contributed by atoms with Crippen molar-refractivity contribution in [1.29, 1.82) is 0 Å². The highest BCUT2D eigenvalue weighted by molar-refractivity contribution is 6.07. The summed E-state index contributed by atoms with van der Waals surface area (Å²) in [6, 6.07) is 11.6. The van der Waals surface area contributed by atoms with E-state index in [9.17, 15) is 4.79 Å². The summed E-state index contributed by atoms with van der Waals surface area (Å²) in [4.78, 5) is 20.5. The maximum Gasteiger partial charge on any atom is 0.271 e. The Labute approximate surface area is 169 Å². The highest BCUT2D eigenvalue weighted by Gasteiger charge is 2.35. The molecular formula is C22H24N2O5. The van der Waals surface area contributed by atoms with Crippen molar-refractivity contribution in [2.24, 2.45) is 5.16 Å². The molecule has 2 heterocycles. The largest absolute Gasteiger partial charge is 0.493 e. The topological polar surface area (TPSA) is 69.6 Å². The predicted octanol–water partition coefficient (Wildman–Crippen LogP) is 3.18. The first-order valence-corrected chi connectivity index (χ1v) is 9.58. The van der Waals surface area contributed by atoms with Crippen molar-refractivity contribution in [3.05, 3.63) is 47.5 Å². The zero-order chi connectivity index (χ0) is 20.4. The van der Waals surface area contributed by atoms with Crippen LogP contribution in [0.3, 0.4) is 0 Å². The molecule has 2 aromatic rings. The van der Waals surface area contributed by atoms with Gasteiger partial charge in [-0.05, 0) is 36.6 Å². The van der Waals surface area contributed by atoms with E-state index in [1.807, 2.05) is 35.2 Å². The summed E-state index contributed by atoms with van der Waals surface area (Å²) in [5.74, 6) is 1.51. The minimum Gasteiger partial charge on any atom is -0.493 e. The Kier molecular flexibility index (Phi) is 5.29. The Morgan fingerprint density at radius 3 is 2.52 bits per heavy atom. The third-order valence-corrected chi connectivity index (χ3v) is 5.32. The maximum absolute atomic E-state index is 13.1. The minimum absolute atomic E-state index is 0.0664. The molecule has 1 amide bonds. The number of hydrogen-bond acceptors (Lipinski definition) is 6. The number of fused-ring (bicyclic) bond motifs is 1. The van der Waals surface area contributed by atoms with Crippen LogP contribution in [0.25, 0.3) is 0 Å². The van der Waals surface area contributed by atoms with Crippen molar-refractivity contribution < 1.29 is 23.8 Å². The fraction of sp³-hybridized carbons (Fsp3) is 0.364. The van der Waals surface area contributed by atoms with Gasteiger partial charge in [0.2, 0.25) is 11.9 Å². The van der Waals surface area contributed by atoms with E-state index in [0.29, 0.717) is 35.9 Å². The molecule has 0 radical (unpaired) electrons. The van der Waals surface area contributed by atoms with Crippen LogP contribution in [0.1, 0.15) is 24.0 Å². The summed E-state index contributed by atoms with van der Waals surface area (Å²) >= 11 is 0. The molecular weight excluding hydrogens is 372 g/mol. The normalized spacial score (nSPS) is 17.8. The molecule has 0 aromatic heterocycles. The molecule has 0 aliphatic carbocycles. The number of oxime groups is 1. The van der Waals surface area contributed by atoms with Crippen LogP contribution in [0.2, 0.25) is 0 Å². The van der Waals surface area contributed by atoms with E-state index in [2.05, 4.69) is 11.2 Å². The summed E-state index contributed by atoms with van der Waals surface area (Å²) < 4.78 is 16.2. The summed E-state index contributed by atoms with van der Waals surface area (Å²) in [5.41, 5.74) is 3.60. The fourth-order valence-corrected chi connectivity index (χ4v) is 3.86. The first kappa shape index (κ1) is 19.1. The summed E-state index contributed by atoms with van der Waals surface area (Å²) in [5, 5.41) is 4.18. The van der Waals surface area contributed by atoms with Crippen LogP contribution in [-0.2, 0) is 16.1 Å². The van der Waals surface area contributed by atoms with Gasteiger partial charge in [-0.2, -0.15) is 0 Å². The zero-order valence-electron chi connectivity index (χ0n) is 16.8. The first-order valence-electron chi connectivity index (χ1n) is 9.58. The Morgan fingerprint density at radius 2 is 1.83 bits per heavy atom. The molecule has 2 aromatic carbocycles. The molecule has 2 aliphatic rings. The highest BCUT2D eigenvalue weighted by Crippen LogP contribution is 2.39. The molecule has 7 nitrogen and oxygen atoms in total. The second-order valence-corrected chi connectivity index (χ2v) is 6.97. The molecule has 152 valence electrons. The number of hydrogen-bond donors (Lipinski definition) is 0. The zero-order valence-corrected chi connectivity index (χ0v) is 16.8. The third kappa shape index (κ3) is 3.48. The van der Waals surface area contributed by atoms with Crippen LogP contribution in [-0.4, -0.2) is 45.6 Å². The van der Waals surface area contributed by atoms with Crippen molar-refractivity contribution in [2.45, 2.75) is 25.4 Å². The summed E-state index contributed by atoms with van der Waals surface area (Å²) in [7, 11) is 4.68. The van der Waals surface area contributed by atoms with Gasteiger partial charge in [0.25, 0.3) is 5.91 Å². The monoisotopic (exact) mass is 396 g/mol. The van der Waals surface area contributed by atoms with Gasteiger partial charge >= 0.3 is 0 Å². The molecule has 0 N–H and O–H groups in total. The van der Waals surface area contributed by atoms with Gasteiger partial charge in [0.1, 0.15) is 0 Å². The average Bonchev–Trinajstić information content (AvgIpc) is 3.27. The molecule has 1 atom stereocenters. The van der Waals surface area contributed by atoms with Gasteiger partial charge < -0.3 is 23.9 Å². The van der Waals surface area contributed by atoms with Gasteiger partial charge in [0.15, 0.2) is 11.5 Å². The quantitative estimate of drug-likeness (QED) is 0.776. The van der Waals surface area contributed by atoms with Crippen LogP contribution >= 0.6 is 0 Å². The van der Waals surface area contributed by atoms with E-state index in [1.54, 1.807) is 21.3 Å². The smallest absolute Gasteiger partial charge is 0.271 e. The number of rotatable bonds is 5. The molecule has 0 spiro atoms. The van der Waals surface area contributed by atoms with Crippen LogP contribution in [0.5, 0.6) is 17.2 Å². The van der Waals surface area contributed by atoms with E-state index in [1.165, 1.54) is 5.56 Å². The van der Waals surface area contributed by atoms with Gasteiger partial charge in [-0.15, -0.1) is 0 Å². The van der Waals surface area contributed by atoms with Crippen LogP contribution < -0.4 is 19.1 Å². The lowest BCUT2D eigenvalue weighted by molar-refractivity contribution is -0.128. The van der Waals surface area contributed by atoms with Crippen LogP contribution in [0.4, 0.5) is 5.69 Å². The lowest BCUT2D eigenvalue weighted by atomic mass is 9.99. The van der Waals surface area contributed by atoms with Gasteiger partial charge in [0, 0.05) is 24.2 Å². The fourth-order valence-electron chi connectivity index (χ4n) is 3.86. The van der Waals surface area contributed by atoms with E-state index in [-0.39, 0.29) is 5.91 Å². The number of ether oxygens (including phenoxy) is 3. The average molecular weight is 396 g/mol. The second kappa shape index (κ2) is 8.03. The van der Waals surface area contributed by atoms with Gasteiger partial charge in [-0.1, -0.05) is 23.4 Å². The lowest BCUT2D eigenvalue weighted by Crippen LogP contribution is -2.42. The van der Waals surface area contributed by atoms with E-state index in [4.69, 9.17) is 19.0 Å². The Morgan fingerprint density at radius 1 is 1.10 bits per heavy atom. The maximum atomic E-state index is 13.1. The Hall–Kier alpha value is -3.22. The number of carbonyl (C=O) groups excluding carboxylic acids is 1. The van der Waals surface area contributed by atoms with Crippen molar-refractivity contribution >= 4 is 17.3 Å². The summed E-state index contributed by atoms with van der Waals surface area (Å²) in [6.07, 6.45) is 1.67. The predicted molar refractivity (Wildman–Crippen MR) is 109 cm³/mol. The highest BCUT2D eigenvalue weighted by atomic mass is 16.6. The van der Waals surface area contributed by atoms with Gasteiger partial charge in [0.05, 0.1) is 27.0 Å². The number of benzene rings is 2. The van der Waals surface area contributed by atoms with E-state index < -0.39 is 6.10 Å². The first-order chi connectivity index (χ1) is 14.2. The molecule has 7 heteroatoms. The molecule has 0 saturated carbocycles. The molecule has 4 rings (SSSR count). The minimum atomic E-state index is -0.643. The van der Waals surface area contributed by atoms with Gasteiger partial charge in [-0.3, -0.25) is 4.79 Å². The molecule has 0 unspecified atom stereocenters. The van der Waals surface area contributed by atoms with Crippen LogP contribution in [0.15, 0.2) is 41.6 Å².